The highest BCUT2D eigenvalue weighted by Crippen LogP contribution is 2.43. The van der Waals surface area contributed by atoms with Crippen molar-refractivity contribution in [2.24, 2.45) is 0 Å². The number of halogens is 2. The van der Waals surface area contributed by atoms with Gasteiger partial charge in [0.05, 0.1) is 30.7 Å². The maximum atomic E-state index is 12.9. The summed E-state index contributed by atoms with van der Waals surface area (Å²) in [5.41, 5.74) is 3.13. The first-order chi connectivity index (χ1) is 14.1. The van der Waals surface area contributed by atoms with Crippen LogP contribution >= 0.6 is 23.2 Å². The molecule has 0 bridgehead atoms. The Morgan fingerprint density at radius 2 is 1.86 bits per heavy atom. The maximum absolute atomic E-state index is 12.9. The number of anilines is 1. The van der Waals surface area contributed by atoms with E-state index < -0.39 is 0 Å². The van der Waals surface area contributed by atoms with E-state index in [1.54, 1.807) is 30.5 Å². The molecule has 0 N–H and O–H groups in total. The lowest BCUT2D eigenvalue weighted by molar-refractivity contribution is -0.0592. The van der Waals surface area contributed by atoms with Crippen LogP contribution in [0.3, 0.4) is 0 Å². The van der Waals surface area contributed by atoms with Gasteiger partial charge in [-0.2, -0.15) is 9.78 Å². The molecule has 0 saturated carbocycles. The zero-order chi connectivity index (χ0) is 20.0. The van der Waals surface area contributed by atoms with E-state index in [0.29, 0.717) is 36.1 Å². The lowest BCUT2D eigenvalue weighted by Crippen LogP contribution is -2.49. The zero-order valence-corrected chi connectivity index (χ0v) is 17.2. The molecule has 2 heterocycles. The molecule has 5 rings (SSSR count). The second-order valence-corrected chi connectivity index (χ2v) is 8.27. The number of morpholine rings is 1. The first-order valence-corrected chi connectivity index (χ1v) is 10.3. The molecule has 1 aliphatic carbocycles. The molecular weight excluding hydrogens is 409 g/mol. The third-order valence-corrected chi connectivity index (χ3v) is 6.41. The average molecular weight is 428 g/mol. The number of hydrogen-bond acceptors (Lipinski definition) is 4. The summed E-state index contributed by atoms with van der Waals surface area (Å²) in [7, 11) is 0. The number of rotatable bonds is 2. The zero-order valence-electron chi connectivity index (χ0n) is 15.6. The number of nitrogens with zero attached hydrogens (tertiary/aromatic N) is 3. The molecule has 1 spiro atoms. The van der Waals surface area contributed by atoms with Crippen LogP contribution in [0.2, 0.25) is 10.0 Å². The number of ether oxygens (including phenoxy) is 1. The topological polar surface area (TPSA) is 47.4 Å². The molecule has 0 amide bonds. The average Bonchev–Trinajstić information content (AvgIpc) is 3.09. The first-order valence-electron chi connectivity index (χ1n) is 9.58. The molecule has 1 fully saturated rings. The van der Waals surface area contributed by atoms with Gasteiger partial charge in [-0.1, -0.05) is 47.5 Å². The van der Waals surface area contributed by atoms with Crippen molar-refractivity contribution < 1.29 is 4.74 Å². The van der Waals surface area contributed by atoms with Crippen LogP contribution < -0.4 is 10.5 Å². The second kappa shape index (κ2) is 7.17. The Morgan fingerprint density at radius 1 is 1.07 bits per heavy atom. The van der Waals surface area contributed by atoms with Crippen LogP contribution in [0.5, 0.6) is 0 Å². The Hall–Kier alpha value is -2.34. The SMILES string of the molecule is O=c1c(Cl)c(N2CCOC3(CCc4ccccc43)C2)cnn1-c1ccc(Cl)cc1. The summed E-state index contributed by atoms with van der Waals surface area (Å²) in [4.78, 5) is 15.0. The minimum absolute atomic E-state index is 0.165. The molecule has 148 valence electrons. The van der Waals surface area contributed by atoms with Gasteiger partial charge >= 0.3 is 0 Å². The number of aryl methyl sites for hydroxylation is 1. The molecule has 2 aromatic carbocycles. The predicted octanol–water partition coefficient (Wildman–Crippen LogP) is 4.22. The van der Waals surface area contributed by atoms with Gasteiger partial charge in [-0.25, -0.2) is 0 Å². The highest BCUT2D eigenvalue weighted by Gasteiger charge is 2.43. The number of hydrogen-bond donors (Lipinski definition) is 0. The van der Waals surface area contributed by atoms with Crippen molar-refractivity contribution in [2.45, 2.75) is 18.4 Å². The van der Waals surface area contributed by atoms with Crippen LogP contribution in [0.25, 0.3) is 5.69 Å². The summed E-state index contributed by atoms with van der Waals surface area (Å²) >= 11 is 12.5. The minimum Gasteiger partial charge on any atom is -0.367 e. The summed E-state index contributed by atoms with van der Waals surface area (Å²) in [6.45, 7) is 1.89. The maximum Gasteiger partial charge on any atom is 0.292 e. The highest BCUT2D eigenvalue weighted by molar-refractivity contribution is 6.33. The third-order valence-electron chi connectivity index (χ3n) is 5.80. The molecular formula is C22H19Cl2N3O2. The molecule has 1 aliphatic heterocycles. The van der Waals surface area contributed by atoms with Gasteiger partial charge in [-0.15, -0.1) is 0 Å². The van der Waals surface area contributed by atoms with Crippen molar-refractivity contribution >= 4 is 28.9 Å². The van der Waals surface area contributed by atoms with Gasteiger partial charge in [-0.3, -0.25) is 4.79 Å². The van der Waals surface area contributed by atoms with Gasteiger partial charge in [0.15, 0.2) is 0 Å². The molecule has 1 unspecified atom stereocenters. The van der Waals surface area contributed by atoms with E-state index in [9.17, 15) is 4.79 Å². The molecule has 29 heavy (non-hydrogen) atoms. The second-order valence-electron chi connectivity index (χ2n) is 7.46. The van der Waals surface area contributed by atoms with Crippen LogP contribution in [0.4, 0.5) is 5.69 Å². The smallest absolute Gasteiger partial charge is 0.292 e. The predicted molar refractivity (Wildman–Crippen MR) is 114 cm³/mol. The lowest BCUT2D eigenvalue weighted by atomic mass is 9.93. The van der Waals surface area contributed by atoms with E-state index >= 15 is 0 Å². The van der Waals surface area contributed by atoms with Crippen molar-refractivity contribution in [3.05, 3.63) is 86.3 Å². The summed E-state index contributed by atoms with van der Waals surface area (Å²) < 4.78 is 7.57. The lowest BCUT2D eigenvalue weighted by Gasteiger charge is -2.42. The molecule has 0 radical (unpaired) electrons. The molecule has 1 saturated heterocycles. The van der Waals surface area contributed by atoms with Crippen molar-refractivity contribution in [3.8, 4) is 5.69 Å². The number of benzene rings is 2. The molecule has 7 heteroatoms. The fourth-order valence-corrected chi connectivity index (χ4v) is 4.74. The number of fused-ring (bicyclic) bond motifs is 2. The van der Waals surface area contributed by atoms with E-state index in [2.05, 4.69) is 34.3 Å². The van der Waals surface area contributed by atoms with Crippen LogP contribution in [0.15, 0.2) is 59.5 Å². The molecule has 5 nitrogen and oxygen atoms in total. The molecule has 1 atom stereocenters. The van der Waals surface area contributed by atoms with Gasteiger partial charge in [0.2, 0.25) is 0 Å². The fourth-order valence-electron chi connectivity index (χ4n) is 4.37. The molecule has 3 aromatic rings. The molecule has 2 aliphatic rings. The van der Waals surface area contributed by atoms with E-state index in [1.807, 2.05) is 0 Å². The van der Waals surface area contributed by atoms with Gasteiger partial charge < -0.3 is 9.64 Å². The Kier molecular flexibility index (Phi) is 4.62. The summed E-state index contributed by atoms with van der Waals surface area (Å²) in [5.74, 6) is 0. The van der Waals surface area contributed by atoms with Crippen LogP contribution in [-0.4, -0.2) is 29.5 Å². The van der Waals surface area contributed by atoms with Crippen molar-refractivity contribution in [2.75, 3.05) is 24.6 Å². The van der Waals surface area contributed by atoms with Crippen LogP contribution in [-0.2, 0) is 16.8 Å². The van der Waals surface area contributed by atoms with Gasteiger partial charge in [0, 0.05) is 11.6 Å². The first kappa shape index (κ1) is 18.7. The van der Waals surface area contributed by atoms with Crippen molar-refractivity contribution in [3.63, 3.8) is 0 Å². The highest BCUT2D eigenvalue weighted by atomic mass is 35.5. The summed E-state index contributed by atoms with van der Waals surface area (Å²) in [6.07, 6.45) is 3.59. The largest absolute Gasteiger partial charge is 0.367 e. The monoisotopic (exact) mass is 427 g/mol. The minimum atomic E-state index is -0.358. The normalized spacial score (nSPS) is 20.8. The standard InChI is InChI=1S/C22H19Cl2N3O2/c23-16-5-7-17(8-6-16)27-21(28)20(24)19(13-25-27)26-11-12-29-22(14-26)10-9-15-3-1-2-4-18(15)22/h1-8,13H,9-12,14H2. The van der Waals surface area contributed by atoms with E-state index in [4.69, 9.17) is 27.9 Å². The number of aromatic nitrogens is 2. The van der Waals surface area contributed by atoms with Gasteiger partial charge in [0.1, 0.15) is 10.6 Å². The Bertz CT molecular complexity index is 1130. The third kappa shape index (κ3) is 3.14. The van der Waals surface area contributed by atoms with Gasteiger partial charge in [0.25, 0.3) is 5.56 Å². The molecule has 1 aromatic heterocycles. The van der Waals surface area contributed by atoms with E-state index in [0.717, 1.165) is 12.8 Å². The van der Waals surface area contributed by atoms with Crippen molar-refractivity contribution in [1.29, 1.82) is 0 Å². The van der Waals surface area contributed by atoms with E-state index in [1.165, 1.54) is 15.8 Å². The quantitative estimate of drug-likeness (QED) is 0.614. The Balaban J connectivity index is 1.49. The Labute approximate surface area is 178 Å². The van der Waals surface area contributed by atoms with Crippen LogP contribution in [0, 0.1) is 0 Å². The fraction of sp³-hybridized carbons (Fsp3) is 0.273. The van der Waals surface area contributed by atoms with E-state index in [-0.39, 0.29) is 16.2 Å². The van der Waals surface area contributed by atoms with Crippen LogP contribution in [0.1, 0.15) is 17.5 Å². The summed E-state index contributed by atoms with van der Waals surface area (Å²) in [6, 6.07) is 15.3. The van der Waals surface area contributed by atoms with Crippen molar-refractivity contribution in [1.82, 2.24) is 9.78 Å². The Morgan fingerprint density at radius 3 is 2.69 bits per heavy atom. The summed E-state index contributed by atoms with van der Waals surface area (Å²) in [5, 5.41) is 5.13. The van der Waals surface area contributed by atoms with Gasteiger partial charge in [-0.05, 0) is 48.2 Å².